The number of ether oxygens (including phenoxy) is 1. The fraction of sp³-hybridized carbons (Fsp3) is 0.308. The van der Waals surface area contributed by atoms with Crippen molar-refractivity contribution < 1.29 is 9.53 Å². The molecule has 0 spiro atoms. The maximum absolute atomic E-state index is 11.6. The quantitative estimate of drug-likeness (QED) is 0.546. The van der Waals surface area contributed by atoms with Gasteiger partial charge in [0, 0.05) is 0 Å². The van der Waals surface area contributed by atoms with Gasteiger partial charge < -0.3 is 4.74 Å². The van der Waals surface area contributed by atoms with Crippen LogP contribution in [-0.2, 0) is 4.79 Å². The van der Waals surface area contributed by atoms with Crippen molar-refractivity contribution in [3.05, 3.63) is 36.4 Å². The van der Waals surface area contributed by atoms with Gasteiger partial charge >= 0.3 is 5.97 Å². The first-order valence-electron chi connectivity index (χ1n) is 4.88. The predicted octanol–water partition coefficient (Wildman–Crippen LogP) is 3.28. The summed E-state index contributed by atoms with van der Waals surface area (Å²) in [6.07, 6.45) is 1.72. The maximum Gasteiger partial charge on any atom is 0.316 e. The van der Waals surface area contributed by atoms with Gasteiger partial charge in [-0.1, -0.05) is 24.8 Å². The molecule has 0 aliphatic carbocycles. The molecule has 0 unspecified atom stereocenters. The summed E-state index contributed by atoms with van der Waals surface area (Å²) < 4.78 is 5.23. The second kappa shape index (κ2) is 4.30. The van der Waals surface area contributed by atoms with Gasteiger partial charge in [0.15, 0.2) is 0 Å². The molecule has 0 heterocycles. The zero-order valence-electron chi connectivity index (χ0n) is 9.41. The van der Waals surface area contributed by atoms with Gasteiger partial charge in [0.05, 0.1) is 5.41 Å². The van der Waals surface area contributed by atoms with E-state index in [9.17, 15) is 4.79 Å². The van der Waals surface area contributed by atoms with Crippen LogP contribution >= 0.6 is 0 Å². The summed E-state index contributed by atoms with van der Waals surface area (Å²) >= 11 is 0. The van der Waals surface area contributed by atoms with Crippen LogP contribution in [0.3, 0.4) is 0 Å². The highest BCUT2D eigenvalue weighted by molar-refractivity contribution is 5.78. The van der Waals surface area contributed by atoms with Gasteiger partial charge in [-0.05, 0) is 38.5 Å². The summed E-state index contributed by atoms with van der Waals surface area (Å²) in [5.41, 5.74) is 0.457. The van der Waals surface area contributed by atoms with E-state index in [1.807, 2.05) is 32.9 Å². The largest absolute Gasteiger partial charge is 0.426 e. The number of carbonyl (C=O) groups excluding carboxylic acids is 1. The first-order valence-corrected chi connectivity index (χ1v) is 4.88. The van der Waals surface area contributed by atoms with Gasteiger partial charge in [-0.25, -0.2) is 0 Å². The van der Waals surface area contributed by atoms with Crippen LogP contribution in [0.2, 0.25) is 0 Å². The third-order valence-electron chi connectivity index (χ3n) is 1.92. The van der Waals surface area contributed by atoms with Crippen molar-refractivity contribution >= 4 is 12.0 Å². The Balaban J connectivity index is 2.81. The monoisotopic (exact) mass is 204 g/mol. The molecule has 0 saturated carbocycles. The fourth-order valence-corrected chi connectivity index (χ4v) is 0.965. The van der Waals surface area contributed by atoms with Crippen molar-refractivity contribution in [2.45, 2.75) is 20.8 Å². The number of benzene rings is 1. The van der Waals surface area contributed by atoms with Crippen molar-refractivity contribution in [3.63, 3.8) is 0 Å². The summed E-state index contributed by atoms with van der Waals surface area (Å²) in [6, 6.07) is 7.29. The first-order chi connectivity index (χ1) is 6.93. The van der Waals surface area contributed by atoms with Gasteiger partial charge in [-0.2, -0.15) is 0 Å². The second-order valence-corrected chi connectivity index (χ2v) is 4.42. The highest BCUT2D eigenvalue weighted by Crippen LogP contribution is 2.20. The summed E-state index contributed by atoms with van der Waals surface area (Å²) in [5, 5.41) is 0. The number of hydrogen-bond donors (Lipinski definition) is 0. The lowest BCUT2D eigenvalue weighted by molar-refractivity contribution is -0.142. The highest BCUT2D eigenvalue weighted by Gasteiger charge is 2.23. The zero-order valence-corrected chi connectivity index (χ0v) is 9.41. The summed E-state index contributed by atoms with van der Waals surface area (Å²) in [5.74, 6) is 0.330. The molecule has 0 N–H and O–H groups in total. The minimum absolute atomic E-state index is 0.233. The van der Waals surface area contributed by atoms with Crippen LogP contribution < -0.4 is 4.74 Å². The summed E-state index contributed by atoms with van der Waals surface area (Å²) in [7, 11) is 0. The minimum atomic E-state index is -0.482. The molecule has 2 heteroatoms. The average Bonchev–Trinajstić information content (AvgIpc) is 2.16. The molecule has 0 atom stereocenters. The Morgan fingerprint density at radius 2 is 2.07 bits per heavy atom. The van der Waals surface area contributed by atoms with E-state index in [2.05, 4.69) is 6.58 Å². The number of esters is 1. The molecule has 1 aromatic carbocycles. The van der Waals surface area contributed by atoms with E-state index in [0.29, 0.717) is 5.75 Å². The Bertz CT molecular complexity index is 372. The predicted molar refractivity (Wildman–Crippen MR) is 61.6 cm³/mol. The van der Waals surface area contributed by atoms with Crippen molar-refractivity contribution in [2.75, 3.05) is 0 Å². The molecule has 15 heavy (non-hydrogen) atoms. The Morgan fingerprint density at radius 3 is 2.60 bits per heavy atom. The lowest BCUT2D eigenvalue weighted by atomic mass is 9.97. The molecule has 0 aliphatic heterocycles. The molecule has 2 nitrogen and oxygen atoms in total. The Hall–Kier alpha value is -1.57. The third-order valence-corrected chi connectivity index (χ3v) is 1.92. The Morgan fingerprint density at radius 1 is 1.40 bits per heavy atom. The van der Waals surface area contributed by atoms with Crippen LogP contribution in [0.15, 0.2) is 30.8 Å². The zero-order chi connectivity index (χ0) is 11.5. The first kappa shape index (κ1) is 11.5. The molecule has 0 aromatic heterocycles. The molecular weight excluding hydrogens is 188 g/mol. The van der Waals surface area contributed by atoms with Crippen LogP contribution in [0, 0.1) is 5.41 Å². The Kier molecular flexibility index (Phi) is 3.30. The van der Waals surface area contributed by atoms with Crippen LogP contribution in [-0.4, -0.2) is 5.97 Å². The van der Waals surface area contributed by atoms with Crippen LogP contribution in [0.25, 0.3) is 6.08 Å². The normalized spacial score (nSPS) is 10.9. The van der Waals surface area contributed by atoms with Crippen LogP contribution in [0.5, 0.6) is 5.75 Å². The molecule has 1 aromatic rings. The SMILES string of the molecule is C=Cc1cccc(OC(=O)C(C)(C)C)c1. The topological polar surface area (TPSA) is 26.3 Å². The second-order valence-electron chi connectivity index (χ2n) is 4.42. The van der Waals surface area contributed by atoms with Crippen molar-refractivity contribution in [2.24, 2.45) is 5.41 Å². The van der Waals surface area contributed by atoms with Gasteiger partial charge in [-0.3, -0.25) is 4.79 Å². The molecule has 1 rings (SSSR count). The maximum atomic E-state index is 11.6. The number of carbonyl (C=O) groups is 1. The lowest BCUT2D eigenvalue weighted by Gasteiger charge is -2.16. The van der Waals surface area contributed by atoms with Crippen molar-refractivity contribution in [3.8, 4) is 5.75 Å². The average molecular weight is 204 g/mol. The van der Waals surface area contributed by atoms with Gasteiger partial charge in [0.1, 0.15) is 5.75 Å². The van der Waals surface area contributed by atoms with E-state index in [1.54, 1.807) is 18.2 Å². The van der Waals surface area contributed by atoms with Gasteiger partial charge in [0.25, 0.3) is 0 Å². The van der Waals surface area contributed by atoms with E-state index >= 15 is 0 Å². The molecule has 0 fully saturated rings. The third kappa shape index (κ3) is 3.24. The van der Waals surface area contributed by atoms with E-state index in [-0.39, 0.29) is 5.97 Å². The van der Waals surface area contributed by atoms with E-state index in [4.69, 9.17) is 4.74 Å². The summed E-state index contributed by atoms with van der Waals surface area (Å²) in [4.78, 5) is 11.6. The molecular formula is C13H16O2. The van der Waals surface area contributed by atoms with E-state index in [1.165, 1.54) is 0 Å². The van der Waals surface area contributed by atoms with E-state index in [0.717, 1.165) is 5.56 Å². The fourth-order valence-electron chi connectivity index (χ4n) is 0.965. The molecule has 0 aliphatic rings. The smallest absolute Gasteiger partial charge is 0.316 e. The summed E-state index contributed by atoms with van der Waals surface area (Å²) in [6.45, 7) is 9.14. The van der Waals surface area contributed by atoms with Crippen molar-refractivity contribution in [1.82, 2.24) is 0 Å². The van der Waals surface area contributed by atoms with Gasteiger partial charge in [-0.15, -0.1) is 0 Å². The van der Waals surface area contributed by atoms with E-state index < -0.39 is 5.41 Å². The minimum Gasteiger partial charge on any atom is -0.426 e. The standard InChI is InChI=1S/C13H16O2/c1-5-10-7-6-8-11(9-10)15-12(14)13(2,3)4/h5-9H,1H2,2-4H3. The van der Waals surface area contributed by atoms with Gasteiger partial charge in [0.2, 0.25) is 0 Å². The molecule has 0 radical (unpaired) electrons. The number of hydrogen-bond acceptors (Lipinski definition) is 2. The van der Waals surface area contributed by atoms with Crippen molar-refractivity contribution in [1.29, 1.82) is 0 Å². The molecule has 80 valence electrons. The van der Waals surface area contributed by atoms with Crippen LogP contribution in [0.1, 0.15) is 26.3 Å². The number of rotatable bonds is 2. The Labute approximate surface area is 90.6 Å². The molecule has 0 bridgehead atoms. The highest BCUT2D eigenvalue weighted by atomic mass is 16.5. The lowest BCUT2D eigenvalue weighted by Crippen LogP contribution is -2.25. The van der Waals surface area contributed by atoms with Crippen LogP contribution in [0.4, 0.5) is 0 Å². The molecule has 0 amide bonds. The molecule has 0 saturated heterocycles.